The smallest absolute Gasteiger partial charge is 0.467 e. The predicted molar refractivity (Wildman–Crippen MR) is 242 cm³/mol. The van der Waals surface area contributed by atoms with Crippen LogP contribution in [-0.4, -0.2) is 150 Å². The van der Waals surface area contributed by atoms with E-state index in [1.807, 2.05) is 4.98 Å². The molecule has 0 aliphatic carbocycles. The van der Waals surface area contributed by atoms with Crippen molar-refractivity contribution in [2.45, 2.75) is 68.1 Å². The van der Waals surface area contributed by atoms with Gasteiger partial charge in [-0.1, -0.05) is 4.98 Å². The highest BCUT2D eigenvalue weighted by atomic mass is 31.3. The van der Waals surface area contributed by atoms with Gasteiger partial charge < -0.3 is 70.5 Å². The van der Waals surface area contributed by atoms with E-state index in [1.54, 1.807) is 0 Å². The normalized spacial score (nSPS) is 29.1. The highest BCUT2D eigenvalue weighted by Crippen LogP contribution is 2.68. The first-order valence-electron chi connectivity index (χ1n) is 21.6. The van der Waals surface area contributed by atoms with Crippen LogP contribution in [0.2, 0.25) is 0 Å². The van der Waals surface area contributed by atoms with Crippen LogP contribution in [0.25, 0.3) is 22.3 Å². The third-order valence-corrected chi connectivity index (χ3v) is 16.2. The molecule has 3 aliphatic heterocycles. The number of aromatic nitrogens is 10. The first kappa shape index (κ1) is 54.6. The minimum atomic E-state index is -6.10. The lowest BCUT2D eigenvalue weighted by atomic mass is 9.94. The Balaban J connectivity index is 0.941. The zero-order valence-corrected chi connectivity index (χ0v) is 41.3. The standard InChI is InChI=1S/C36H48N13O22P3/c1-46-14-49(30-23(46)31(55)45-35(38)44-30)32-24(52)15(5-7-63-2)18(68-32)10-65-72(57,58)70-74(61,62)71-73(59,60)66-11-19-16(27(64-3)34(69-19)48-13-42-22-28(37)40-12-41-29(22)48)8-21(51)39-9-17-25(53)26(54)33(67-17)47-6-4-20(50)43-36(47)56/h4,6,9,12-16,18-19,24-27,32-34,52-54H,5,7-8,10-11H2,1-3H3,(H9-,37,38,39,40,41,43,44,45,50,51,55,56,57,58,59,60,61,62)/p+1/b17-9-/t15-,16-,18-,19?,24-,25-,26-,27-,32-,33-,34-/m1/s1. The van der Waals surface area contributed by atoms with Crippen molar-refractivity contribution >= 4 is 63.5 Å². The summed E-state index contributed by atoms with van der Waals surface area (Å²) in [5.74, 6) is -3.61. The van der Waals surface area contributed by atoms with Crippen molar-refractivity contribution in [2.75, 3.05) is 45.5 Å². The van der Waals surface area contributed by atoms with Crippen molar-refractivity contribution in [3.63, 3.8) is 0 Å². The molecule has 3 aliphatic rings. The summed E-state index contributed by atoms with van der Waals surface area (Å²) in [6.45, 7) is -1.89. The number of fused-ring (bicyclic) bond motifs is 2. The topological polar surface area (TPSA) is 490 Å². The number of methoxy groups -OCH3 is 2. The number of nitrogens with two attached hydrogens (primary N) is 2. The van der Waals surface area contributed by atoms with Gasteiger partial charge in [0.15, 0.2) is 24.0 Å². The van der Waals surface area contributed by atoms with E-state index >= 15 is 0 Å². The molecular formula is C36H49N13O22P3+. The highest BCUT2D eigenvalue weighted by molar-refractivity contribution is 7.66. The molecule has 404 valence electrons. The Morgan fingerprint density at radius 2 is 1.61 bits per heavy atom. The molecule has 74 heavy (non-hydrogen) atoms. The average molecular weight is 1110 g/mol. The number of aliphatic hydroxyl groups is 3. The molecule has 0 saturated carbocycles. The SMILES string of the molecule is COCC[C@H]1[C@@H](O)[C@H]([n+]2cn(C)c3c(=O)[nH]c(N)nc32)O[C@@H]1COP(=O)(O)OP(=O)(O)OP(=O)(O)OCC1O[C@@H](n2cnc3c(N)ncnc32)[C@H](OC)[C@@H]1CC(=O)N/C=C1\O[C@@H](n2ccc(=O)[nH]c2=O)[C@H](O)[C@@H]1O. The van der Waals surface area contributed by atoms with Gasteiger partial charge in [0.2, 0.25) is 23.9 Å². The molecule has 3 fully saturated rings. The minimum absolute atomic E-state index is 0.00875. The van der Waals surface area contributed by atoms with Crippen LogP contribution in [0.5, 0.6) is 0 Å². The molecule has 8 heterocycles. The third kappa shape index (κ3) is 11.4. The van der Waals surface area contributed by atoms with Crippen molar-refractivity contribution in [1.29, 1.82) is 0 Å². The van der Waals surface area contributed by atoms with Gasteiger partial charge in [-0.2, -0.15) is 8.62 Å². The number of nitrogens with zero attached hydrogens (tertiary/aromatic N) is 8. The van der Waals surface area contributed by atoms with Gasteiger partial charge in [-0.05, 0) is 6.42 Å². The Morgan fingerprint density at radius 3 is 2.27 bits per heavy atom. The van der Waals surface area contributed by atoms with E-state index in [2.05, 4.69) is 38.9 Å². The third-order valence-electron chi connectivity index (χ3n) is 12.0. The molecule has 5 aromatic rings. The quantitative estimate of drug-likeness (QED) is 0.0266. The largest absolute Gasteiger partial charge is 0.490 e. The number of phosphoric acid groups is 3. The van der Waals surface area contributed by atoms with Crippen LogP contribution in [0.15, 0.2) is 57.6 Å². The summed E-state index contributed by atoms with van der Waals surface area (Å²) in [6.07, 6.45) is -7.72. The first-order valence-corrected chi connectivity index (χ1v) is 26.1. The molecule has 5 aromatic heterocycles. The number of hydrogen-bond donors (Lipinski definition) is 11. The van der Waals surface area contributed by atoms with Crippen molar-refractivity contribution < 1.29 is 94.4 Å². The number of nitrogens with one attached hydrogen (secondary N) is 3. The number of H-pyrrole nitrogens is 2. The number of hydrogen-bond acceptors (Lipinski definition) is 25. The molecule has 4 unspecified atom stereocenters. The summed E-state index contributed by atoms with van der Waals surface area (Å²) in [7, 11) is -13.5. The summed E-state index contributed by atoms with van der Waals surface area (Å²) in [4.78, 5) is 102. The van der Waals surface area contributed by atoms with Crippen molar-refractivity contribution in [1.82, 2.24) is 48.9 Å². The number of ether oxygens (including phenoxy) is 5. The Kier molecular flexibility index (Phi) is 15.9. The second-order valence-electron chi connectivity index (χ2n) is 16.7. The minimum Gasteiger partial charge on any atom is -0.467 e. The summed E-state index contributed by atoms with van der Waals surface area (Å²) in [6, 6.07) is 0.972. The summed E-state index contributed by atoms with van der Waals surface area (Å²) in [5.41, 5.74) is 9.73. The first-order chi connectivity index (χ1) is 34.9. The lowest BCUT2D eigenvalue weighted by Crippen LogP contribution is -2.45. The maximum atomic E-state index is 13.6. The number of carbonyl (C=O) groups excluding carboxylic acids is 1. The second-order valence-corrected chi connectivity index (χ2v) is 21.3. The van der Waals surface area contributed by atoms with Gasteiger partial charge in [-0.3, -0.25) is 47.1 Å². The number of imidazole rings is 2. The van der Waals surface area contributed by atoms with Crippen LogP contribution in [-0.2, 0) is 66.9 Å². The number of aromatic amines is 2. The number of anilines is 2. The number of carbonyl (C=O) groups is 1. The zero-order chi connectivity index (χ0) is 53.6. The van der Waals surface area contributed by atoms with E-state index in [0.717, 1.165) is 29.4 Å². The highest BCUT2D eigenvalue weighted by Gasteiger charge is 2.51. The van der Waals surface area contributed by atoms with Crippen LogP contribution in [0.3, 0.4) is 0 Å². The number of nitrogen functional groups attached to an aromatic ring is 2. The van der Waals surface area contributed by atoms with Crippen LogP contribution in [0.1, 0.15) is 31.5 Å². The fourth-order valence-corrected chi connectivity index (χ4v) is 12.2. The molecule has 8 rings (SSSR count). The second kappa shape index (κ2) is 21.5. The van der Waals surface area contributed by atoms with Crippen LogP contribution >= 0.6 is 23.5 Å². The van der Waals surface area contributed by atoms with Crippen molar-refractivity contribution in [3.05, 3.63) is 74.4 Å². The predicted octanol–water partition coefficient (Wildman–Crippen LogP) is -3.49. The van der Waals surface area contributed by atoms with E-state index in [-0.39, 0.29) is 47.1 Å². The number of aryl methyl sites for hydroxylation is 1. The molecule has 0 aromatic carbocycles. The number of aliphatic hydroxyl groups excluding tert-OH is 3. The molecule has 0 spiro atoms. The summed E-state index contributed by atoms with van der Waals surface area (Å²) in [5, 5.41) is 35.0. The van der Waals surface area contributed by atoms with Gasteiger partial charge in [0.1, 0.15) is 42.0 Å². The Morgan fingerprint density at radius 1 is 0.919 bits per heavy atom. The van der Waals surface area contributed by atoms with Crippen LogP contribution in [0.4, 0.5) is 11.8 Å². The molecule has 1 amide bonds. The van der Waals surface area contributed by atoms with Gasteiger partial charge in [0, 0.05) is 57.5 Å². The van der Waals surface area contributed by atoms with E-state index in [9.17, 15) is 62.9 Å². The monoisotopic (exact) mass is 1110 g/mol. The molecule has 13 N–H and O–H groups in total. The van der Waals surface area contributed by atoms with E-state index in [1.165, 1.54) is 47.6 Å². The lowest BCUT2D eigenvalue weighted by molar-refractivity contribution is -0.745. The Bertz CT molecular complexity index is 3280. The fourth-order valence-electron chi connectivity index (χ4n) is 8.67. The Labute approximate surface area is 413 Å². The Hall–Kier alpha value is -5.68. The molecule has 3 saturated heterocycles. The van der Waals surface area contributed by atoms with Gasteiger partial charge in [0.25, 0.3) is 17.1 Å². The van der Waals surface area contributed by atoms with Crippen molar-refractivity contribution in [3.8, 4) is 0 Å². The molecule has 14 atom stereocenters. The number of phosphoric ester groups is 2. The van der Waals surface area contributed by atoms with Crippen LogP contribution < -0.4 is 38.2 Å². The van der Waals surface area contributed by atoms with Gasteiger partial charge >= 0.3 is 34.8 Å². The number of rotatable bonds is 20. The molecule has 35 nitrogen and oxygen atoms in total. The zero-order valence-electron chi connectivity index (χ0n) is 38.6. The van der Waals surface area contributed by atoms with Crippen LogP contribution in [0, 0.1) is 11.8 Å². The maximum Gasteiger partial charge on any atom is 0.490 e. The molecule has 38 heteroatoms. The maximum absolute atomic E-state index is 13.6. The molecule has 0 radical (unpaired) electrons. The van der Waals surface area contributed by atoms with E-state index < -0.39 is 139 Å². The van der Waals surface area contributed by atoms with E-state index in [4.69, 9.17) is 44.2 Å². The molecular weight excluding hydrogens is 1060 g/mol. The van der Waals surface area contributed by atoms with Crippen molar-refractivity contribution in [2.24, 2.45) is 18.9 Å². The summed E-state index contributed by atoms with van der Waals surface area (Å²) >= 11 is 0. The van der Waals surface area contributed by atoms with Gasteiger partial charge in [-0.25, -0.2) is 38.0 Å². The average Bonchev–Trinajstić information content (AvgIpc) is 4.12. The number of amides is 1. The van der Waals surface area contributed by atoms with Gasteiger partial charge in [0.05, 0.1) is 38.8 Å². The van der Waals surface area contributed by atoms with Gasteiger partial charge in [-0.15, -0.1) is 0 Å². The lowest BCUT2D eigenvalue weighted by Gasteiger charge is -2.23. The molecule has 0 bridgehead atoms. The van der Waals surface area contributed by atoms with E-state index in [0.29, 0.717) is 0 Å². The summed E-state index contributed by atoms with van der Waals surface area (Å²) < 4.78 is 91.5. The fraction of sp³-hybridized carbons (Fsp3) is 0.528.